The highest BCUT2D eigenvalue weighted by atomic mass is 16.6. The first-order valence-electron chi connectivity index (χ1n) is 20.8. The SMILES string of the molecule is C/C=C(\C)C(=O)N[C@@H](c1ccccc1)[C@@H](OC(C)=O)C(=O)O[C@@H]1C[C@@]2(O)[C@@H](OC(=O)c3ccccc3)[C@@H]3[C@]4(OC(C)=O)CO[C@@H]4C[C@@H](O)[C@@]3(C)C(=O)[C@H](OC(C)=O)C(=C1C)C2(C)C. The van der Waals surface area contributed by atoms with Gasteiger partial charge in [-0.1, -0.05) is 68.5 Å². The summed E-state index contributed by atoms with van der Waals surface area (Å²) < 4.78 is 36.1. The van der Waals surface area contributed by atoms with Gasteiger partial charge < -0.3 is 44.0 Å². The summed E-state index contributed by atoms with van der Waals surface area (Å²) in [6.07, 6.45) is -8.87. The third-order valence-corrected chi connectivity index (χ3v) is 13.5. The number of nitrogens with one attached hydrogen (secondary N) is 1. The molecule has 4 aliphatic rings. The number of rotatable bonds is 11. The average molecular weight is 874 g/mol. The van der Waals surface area contributed by atoms with E-state index in [1.54, 1.807) is 82.3 Å². The van der Waals surface area contributed by atoms with Crippen molar-refractivity contribution < 1.29 is 72.2 Å². The van der Waals surface area contributed by atoms with E-state index < -0.39 is 119 Å². The Morgan fingerprint density at radius 1 is 0.873 bits per heavy atom. The molecule has 2 bridgehead atoms. The lowest BCUT2D eigenvalue weighted by Crippen LogP contribution is -2.82. The summed E-state index contributed by atoms with van der Waals surface area (Å²) in [5.41, 5.74) is -7.09. The van der Waals surface area contributed by atoms with Gasteiger partial charge in [0.05, 0.1) is 29.6 Å². The Morgan fingerprint density at radius 2 is 1.49 bits per heavy atom. The van der Waals surface area contributed by atoms with E-state index in [0.717, 1.165) is 20.8 Å². The van der Waals surface area contributed by atoms with Crippen LogP contribution in [0.15, 0.2) is 83.5 Å². The number of allylic oxidation sites excluding steroid dienone is 1. The number of aliphatic hydroxyl groups excluding tert-OH is 1. The van der Waals surface area contributed by atoms with Crippen molar-refractivity contribution in [1.29, 1.82) is 0 Å². The second kappa shape index (κ2) is 17.5. The van der Waals surface area contributed by atoms with Gasteiger partial charge in [-0.25, -0.2) is 9.59 Å². The molecular weight excluding hydrogens is 819 g/mol. The molecule has 338 valence electrons. The molecule has 3 fully saturated rings. The zero-order chi connectivity index (χ0) is 46.4. The quantitative estimate of drug-likeness (QED) is 0.126. The summed E-state index contributed by atoms with van der Waals surface area (Å²) in [7, 11) is 0. The molecule has 2 aromatic rings. The van der Waals surface area contributed by atoms with Crippen LogP contribution in [-0.4, -0.2) is 106 Å². The molecule has 16 nitrogen and oxygen atoms in total. The van der Waals surface area contributed by atoms with Gasteiger partial charge in [0.1, 0.15) is 30.0 Å². The molecule has 0 unspecified atom stereocenters. The average Bonchev–Trinajstić information content (AvgIpc) is 3.22. The summed E-state index contributed by atoms with van der Waals surface area (Å²) in [6, 6.07) is 14.8. The predicted octanol–water partition coefficient (Wildman–Crippen LogP) is 3.96. The smallest absolute Gasteiger partial charge is 0.350 e. The molecule has 6 rings (SSSR count). The standard InChI is InChI=1S/C47H55NO15/c1-10-24(2)41(54)48-35(29-17-13-11-14-18-29)37(60-27(5)50)43(56)61-31-22-47(57)40(62-42(55)30-19-15-12-16-20-30)38-45(9,32(52)21-33-46(38,23-58-33)63-28(6)51)39(53)36(59-26(4)49)34(25(31)3)44(47,7)8/h10-20,31-33,35-38,40,52,57H,21-23H2,1-9H3,(H,48,54)/b24-10+/t31-,32-,33-,35+,36-,37-,38+,40+,45-,46+,47-/m1/s1. The van der Waals surface area contributed by atoms with Crippen molar-refractivity contribution in [3.63, 3.8) is 0 Å². The van der Waals surface area contributed by atoms with Gasteiger partial charge in [-0.15, -0.1) is 0 Å². The first-order valence-corrected chi connectivity index (χ1v) is 20.8. The normalized spacial score (nSPS) is 31.8. The van der Waals surface area contributed by atoms with Crippen LogP contribution in [-0.2, 0) is 57.2 Å². The van der Waals surface area contributed by atoms with Crippen LogP contribution >= 0.6 is 0 Å². The topological polar surface area (TPSA) is 227 Å². The highest BCUT2D eigenvalue weighted by Crippen LogP contribution is 2.64. The maximum absolute atomic E-state index is 15.5. The zero-order valence-corrected chi connectivity index (χ0v) is 36.8. The maximum atomic E-state index is 15.5. The largest absolute Gasteiger partial charge is 0.455 e. The van der Waals surface area contributed by atoms with Crippen molar-refractivity contribution in [3.8, 4) is 0 Å². The third kappa shape index (κ3) is 8.08. The number of hydrogen-bond donors (Lipinski definition) is 3. The molecule has 3 aliphatic carbocycles. The van der Waals surface area contributed by atoms with Crippen LogP contribution in [0.25, 0.3) is 0 Å². The molecule has 1 amide bonds. The van der Waals surface area contributed by atoms with E-state index in [0.29, 0.717) is 11.1 Å². The Balaban J connectivity index is 1.59. The fraction of sp³-hybridized carbons (Fsp3) is 0.511. The number of amides is 1. The van der Waals surface area contributed by atoms with Crippen LogP contribution in [0.2, 0.25) is 0 Å². The minimum Gasteiger partial charge on any atom is -0.455 e. The lowest BCUT2D eigenvalue weighted by molar-refractivity contribution is -0.346. The van der Waals surface area contributed by atoms with E-state index in [1.165, 1.54) is 26.0 Å². The Morgan fingerprint density at radius 3 is 2.03 bits per heavy atom. The van der Waals surface area contributed by atoms with Gasteiger partial charge in [-0.2, -0.15) is 0 Å². The Kier molecular flexibility index (Phi) is 13.0. The van der Waals surface area contributed by atoms with Crippen molar-refractivity contribution >= 4 is 41.5 Å². The van der Waals surface area contributed by atoms with Gasteiger partial charge in [0.2, 0.25) is 12.0 Å². The van der Waals surface area contributed by atoms with Gasteiger partial charge in [-0.3, -0.25) is 24.0 Å². The first kappa shape index (κ1) is 46.8. The summed E-state index contributed by atoms with van der Waals surface area (Å²) in [6.45, 7) is 12.2. The van der Waals surface area contributed by atoms with E-state index in [4.69, 9.17) is 28.4 Å². The van der Waals surface area contributed by atoms with Gasteiger partial charge >= 0.3 is 29.8 Å². The minimum atomic E-state index is -2.42. The molecule has 63 heavy (non-hydrogen) atoms. The fourth-order valence-corrected chi connectivity index (χ4v) is 10.0. The van der Waals surface area contributed by atoms with Gasteiger partial charge in [0.15, 0.2) is 17.5 Å². The molecule has 16 heteroatoms. The van der Waals surface area contributed by atoms with Crippen LogP contribution in [0.4, 0.5) is 0 Å². The molecule has 1 aliphatic heterocycles. The summed E-state index contributed by atoms with van der Waals surface area (Å²) in [5.74, 6) is -7.72. The number of carbonyl (C=O) groups excluding carboxylic acids is 7. The van der Waals surface area contributed by atoms with E-state index in [-0.39, 0.29) is 29.7 Å². The molecule has 1 heterocycles. The molecule has 0 spiro atoms. The first-order chi connectivity index (χ1) is 29.5. The molecule has 1 saturated heterocycles. The summed E-state index contributed by atoms with van der Waals surface area (Å²) in [4.78, 5) is 96.7. The van der Waals surface area contributed by atoms with Crippen molar-refractivity contribution in [2.75, 3.05) is 6.61 Å². The fourth-order valence-electron chi connectivity index (χ4n) is 10.0. The second-order valence-electron chi connectivity index (χ2n) is 17.5. The molecule has 2 aromatic carbocycles. The number of carbonyl (C=O) groups is 7. The molecule has 2 saturated carbocycles. The molecule has 3 N–H and O–H groups in total. The number of ether oxygens (including phenoxy) is 6. The maximum Gasteiger partial charge on any atom is 0.350 e. The third-order valence-electron chi connectivity index (χ3n) is 13.5. The number of hydrogen-bond acceptors (Lipinski definition) is 15. The van der Waals surface area contributed by atoms with E-state index >= 15 is 4.79 Å². The van der Waals surface area contributed by atoms with Crippen LogP contribution < -0.4 is 5.32 Å². The Hall–Kier alpha value is -5.71. The molecular formula is C47H55NO15. The lowest BCUT2D eigenvalue weighted by Gasteiger charge is -2.67. The van der Waals surface area contributed by atoms with Crippen LogP contribution in [0.1, 0.15) is 97.1 Å². The Labute approximate surface area is 365 Å². The number of benzene rings is 2. The highest BCUT2D eigenvalue weighted by Gasteiger charge is 2.78. The number of aliphatic hydroxyl groups is 2. The van der Waals surface area contributed by atoms with E-state index in [2.05, 4.69) is 5.32 Å². The van der Waals surface area contributed by atoms with Crippen molar-refractivity contribution in [1.82, 2.24) is 5.32 Å². The zero-order valence-electron chi connectivity index (χ0n) is 36.8. The predicted molar refractivity (Wildman–Crippen MR) is 221 cm³/mol. The van der Waals surface area contributed by atoms with Crippen LogP contribution in [0, 0.1) is 16.7 Å². The van der Waals surface area contributed by atoms with Crippen molar-refractivity contribution in [2.45, 2.75) is 129 Å². The lowest BCUT2D eigenvalue weighted by atomic mass is 9.44. The van der Waals surface area contributed by atoms with Gasteiger partial charge in [0.25, 0.3) is 0 Å². The highest BCUT2D eigenvalue weighted by molar-refractivity contribution is 5.96. The Bertz CT molecular complexity index is 2240. The van der Waals surface area contributed by atoms with Crippen LogP contribution in [0.5, 0.6) is 0 Å². The molecule has 0 radical (unpaired) electrons. The number of esters is 5. The van der Waals surface area contributed by atoms with Gasteiger partial charge in [0, 0.05) is 44.6 Å². The second-order valence-corrected chi connectivity index (χ2v) is 17.5. The minimum absolute atomic E-state index is 0.0175. The number of fused-ring (bicyclic) bond motifs is 5. The monoisotopic (exact) mass is 873 g/mol. The van der Waals surface area contributed by atoms with Crippen LogP contribution in [0.3, 0.4) is 0 Å². The van der Waals surface area contributed by atoms with Crippen molar-refractivity contribution in [3.05, 3.63) is 94.6 Å². The number of Topliss-reactive ketones (excluding diaryl/α,β-unsaturated/α-hetero) is 1. The number of ketones is 1. The van der Waals surface area contributed by atoms with Gasteiger partial charge in [-0.05, 0) is 56.5 Å². The van der Waals surface area contributed by atoms with E-state index in [1.807, 2.05) is 0 Å². The molecule has 0 aromatic heterocycles. The van der Waals surface area contributed by atoms with E-state index in [9.17, 15) is 39.0 Å². The molecule has 11 atom stereocenters. The van der Waals surface area contributed by atoms with Crippen molar-refractivity contribution in [2.24, 2.45) is 16.7 Å². The summed E-state index contributed by atoms with van der Waals surface area (Å²) >= 11 is 0. The summed E-state index contributed by atoms with van der Waals surface area (Å²) in [5, 5.41) is 28.6.